The first-order valence-electron chi connectivity index (χ1n) is 3.63. The SMILES string of the molecule is CC(Br)C(=O)NC(C)(CO)CO. The highest BCUT2D eigenvalue weighted by Gasteiger charge is 2.25. The van der Waals surface area contributed by atoms with Crippen molar-refractivity contribution in [3.05, 3.63) is 0 Å². The molecular weight excluding hydrogens is 226 g/mol. The molecule has 0 heterocycles. The van der Waals surface area contributed by atoms with Gasteiger partial charge in [0.05, 0.1) is 23.6 Å². The maximum Gasteiger partial charge on any atom is 0.234 e. The zero-order valence-electron chi connectivity index (χ0n) is 7.17. The van der Waals surface area contributed by atoms with E-state index in [0.29, 0.717) is 0 Å². The Hall–Kier alpha value is -0.130. The monoisotopic (exact) mass is 239 g/mol. The number of nitrogens with one attached hydrogen (secondary N) is 1. The maximum absolute atomic E-state index is 11.1. The maximum atomic E-state index is 11.1. The zero-order chi connectivity index (χ0) is 9.78. The highest BCUT2D eigenvalue weighted by molar-refractivity contribution is 9.10. The molecule has 1 amide bonds. The minimum Gasteiger partial charge on any atom is -0.394 e. The molecule has 0 aromatic rings. The van der Waals surface area contributed by atoms with Gasteiger partial charge in [0, 0.05) is 0 Å². The zero-order valence-corrected chi connectivity index (χ0v) is 8.76. The summed E-state index contributed by atoms with van der Waals surface area (Å²) in [4.78, 5) is 10.8. The molecule has 0 radical (unpaired) electrons. The van der Waals surface area contributed by atoms with Gasteiger partial charge in [-0.05, 0) is 13.8 Å². The van der Waals surface area contributed by atoms with Crippen molar-refractivity contribution in [3.8, 4) is 0 Å². The van der Waals surface area contributed by atoms with Crippen molar-refractivity contribution < 1.29 is 15.0 Å². The Morgan fingerprint density at radius 3 is 2.25 bits per heavy atom. The first kappa shape index (κ1) is 11.9. The topological polar surface area (TPSA) is 69.6 Å². The lowest BCUT2D eigenvalue weighted by Gasteiger charge is -2.26. The van der Waals surface area contributed by atoms with Crippen LogP contribution in [-0.2, 0) is 4.79 Å². The molecule has 5 heteroatoms. The highest BCUT2D eigenvalue weighted by Crippen LogP contribution is 2.04. The third-order valence-electron chi connectivity index (χ3n) is 1.48. The van der Waals surface area contributed by atoms with Crippen LogP contribution in [0.2, 0.25) is 0 Å². The molecule has 72 valence electrons. The van der Waals surface area contributed by atoms with Crippen LogP contribution in [0.3, 0.4) is 0 Å². The molecule has 1 unspecified atom stereocenters. The van der Waals surface area contributed by atoms with E-state index in [-0.39, 0.29) is 23.9 Å². The van der Waals surface area contributed by atoms with E-state index in [1.165, 1.54) is 0 Å². The van der Waals surface area contributed by atoms with Crippen LogP contribution >= 0.6 is 15.9 Å². The quantitative estimate of drug-likeness (QED) is 0.587. The van der Waals surface area contributed by atoms with Crippen LogP contribution in [0.1, 0.15) is 13.8 Å². The Kier molecular flexibility index (Phi) is 4.74. The number of hydrogen-bond donors (Lipinski definition) is 3. The number of hydrogen-bond acceptors (Lipinski definition) is 3. The van der Waals surface area contributed by atoms with Gasteiger partial charge in [-0.3, -0.25) is 4.79 Å². The Bertz CT molecular complexity index is 157. The largest absolute Gasteiger partial charge is 0.394 e. The summed E-state index contributed by atoms with van der Waals surface area (Å²) in [5.41, 5.74) is -0.931. The van der Waals surface area contributed by atoms with Crippen molar-refractivity contribution in [1.82, 2.24) is 5.32 Å². The van der Waals surface area contributed by atoms with Crippen LogP contribution in [0.5, 0.6) is 0 Å². The van der Waals surface area contributed by atoms with E-state index in [1.807, 2.05) is 0 Å². The van der Waals surface area contributed by atoms with E-state index in [0.717, 1.165) is 0 Å². The normalized spacial score (nSPS) is 14.1. The van der Waals surface area contributed by atoms with E-state index in [4.69, 9.17) is 10.2 Å². The number of aliphatic hydroxyl groups excluding tert-OH is 2. The predicted molar refractivity (Wildman–Crippen MR) is 49.1 cm³/mol. The average molecular weight is 240 g/mol. The lowest BCUT2D eigenvalue weighted by Crippen LogP contribution is -2.53. The van der Waals surface area contributed by atoms with Crippen LogP contribution < -0.4 is 5.32 Å². The molecule has 0 fully saturated rings. The molecule has 0 saturated heterocycles. The van der Waals surface area contributed by atoms with Gasteiger partial charge < -0.3 is 15.5 Å². The fourth-order valence-corrected chi connectivity index (χ4v) is 0.640. The minimum atomic E-state index is -0.931. The van der Waals surface area contributed by atoms with Crippen LogP contribution in [0, 0.1) is 0 Å². The lowest BCUT2D eigenvalue weighted by molar-refractivity contribution is -0.123. The number of aliphatic hydroxyl groups is 2. The van der Waals surface area contributed by atoms with E-state index in [2.05, 4.69) is 21.2 Å². The van der Waals surface area contributed by atoms with Crippen molar-refractivity contribution in [1.29, 1.82) is 0 Å². The van der Waals surface area contributed by atoms with Gasteiger partial charge in [0.25, 0.3) is 0 Å². The van der Waals surface area contributed by atoms with E-state index >= 15 is 0 Å². The molecular formula is C7H14BrNO3. The number of carbonyl (C=O) groups excluding carboxylic acids is 1. The molecule has 0 aromatic carbocycles. The molecule has 0 aliphatic rings. The van der Waals surface area contributed by atoms with Crippen molar-refractivity contribution in [2.75, 3.05) is 13.2 Å². The van der Waals surface area contributed by atoms with Crippen molar-refractivity contribution in [3.63, 3.8) is 0 Å². The minimum absolute atomic E-state index is 0.249. The van der Waals surface area contributed by atoms with E-state index in [1.54, 1.807) is 13.8 Å². The van der Waals surface area contributed by atoms with Crippen LogP contribution in [0.15, 0.2) is 0 Å². The Labute approximate surface area is 80.1 Å². The van der Waals surface area contributed by atoms with Crippen LogP contribution in [0.4, 0.5) is 0 Å². The standard InChI is InChI=1S/C7H14BrNO3/c1-5(8)6(12)9-7(2,3-10)4-11/h5,10-11H,3-4H2,1-2H3,(H,9,12). The molecule has 4 nitrogen and oxygen atoms in total. The highest BCUT2D eigenvalue weighted by atomic mass is 79.9. The number of alkyl halides is 1. The van der Waals surface area contributed by atoms with E-state index < -0.39 is 5.54 Å². The number of amides is 1. The average Bonchev–Trinajstić information content (AvgIpc) is 2.04. The molecule has 0 rings (SSSR count). The summed E-state index contributed by atoms with van der Waals surface area (Å²) in [6.45, 7) is 2.68. The molecule has 0 spiro atoms. The second kappa shape index (κ2) is 4.79. The van der Waals surface area contributed by atoms with Gasteiger partial charge in [-0.15, -0.1) is 0 Å². The van der Waals surface area contributed by atoms with Crippen molar-refractivity contribution in [2.45, 2.75) is 24.2 Å². The van der Waals surface area contributed by atoms with Gasteiger partial charge in [0.15, 0.2) is 0 Å². The molecule has 3 N–H and O–H groups in total. The molecule has 12 heavy (non-hydrogen) atoms. The third-order valence-corrected chi connectivity index (χ3v) is 1.90. The molecule has 0 aliphatic heterocycles. The van der Waals surface area contributed by atoms with E-state index in [9.17, 15) is 4.79 Å². The molecule has 0 aromatic heterocycles. The smallest absolute Gasteiger partial charge is 0.234 e. The fraction of sp³-hybridized carbons (Fsp3) is 0.857. The first-order valence-corrected chi connectivity index (χ1v) is 4.54. The van der Waals surface area contributed by atoms with Gasteiger partial charge in [-0.25, -0.2) is 0 Å². The van der Waals surface area contributed by atoms with Crippen molar-refractivity contribution >= 4 is 21.8 Å². The summed E-state index contributed by atoms with van der Waals surface area (Å²) in [6, 6.07) is 0. The fourth-order valence-electron chi connectivity index (χ4n) is 0.526. The molecule has 1 atom stereocenters. The third kappa shape index (κ3) is 3.51. The summed E-state index contributed by atoms with van der Waals surface area (Å²) in [5.74, 6) is -0.249. The second-order valence-electron chi connectivity index (χ2n) is 2.98. The van der Waals surface area contributed by atoms with Crippen LogP contribution in [0.25, 0.3) is 0 Å². The molecule has 0 saturated carbocycles. The van der Waals surface area contributed by atoms with Gasteiger partial charge >= 0.3 is 0 Å². The Morgan fingerprint density at radius 1 is 1.58 bits per heavy atom. The number of rotatable bonds is 4. The van der Waals surface area contributed by atoms with Gasteiger partial charge in [0.1, 0.15) is 0 Å². The summed E-state index contributed by atoms with van der Waals surface area (Å²) in [6.07, 6.45) is 0. The number of halogens is 1. The Balaban J connectivity index is 4.12. The van der Waals surface area contributed by atoms with Crippen molar-refractivity contribution in [2.24, 2.45) is 0 Å². The van der Waals surface area contributed by atoms with Gasteiger partial charge in [-0.1, -0.05) is 15.9 Å². The summed E-state index contributed by atoms with van der Waals surface area (Å²) < 4.78 is 0. The number of carbonyl (C=O) groups is 1. The summed E-state index contributed by atoms with van der Waals surface area (Å²) >= 11 is 3.08. The molecule has 0 aliphatic carbocycles. The summed E-state index contributed by atoms with van der Waals surface area (Å²) in [5, 5.41) is 20.2. The van der Waals surface area contributed by atoms with Crippen LogP contribution in [-0.4, -0.2) is 39.7 Å². The van der Waals surface area contributed by atoms with Gasteiger partial charge in [0.2, 0.25) is 5.91 Å². The predicted octanol–water partition coefficient (Wildman–Crippen LogP) is -0.371. The Morgan fingerprint density at radius 2 is 2.00 bits per heavy atom. The second-order valence-corrected chi connectivity index (χ2v) is 4.36. The lowest BCUT2D eigenvalue weighted by atomic mass is 10.1. The van der Waals surface area contributed by atoms with Gasteiger partial charge in [-0.2, -0.15) is 0 Å². The molecule has 0 bridgehead atoms. The first-order chi connectivity index (χ1) is 5.45. The summed E-state index contributed by atoms with van der Waals surface area (Å²) in [7, 11) is 0.